The van der Waals surface area contributed by atoms with E-state index in [0.717, 1.165) is 23.5 Å². The number of rotatable bonds is 5. The smallest absolute Gasteiger partial charge is 0.0541 e. The molecule has 1 heteroatoms. The van der Waals surface area contributed by atoms with Gasteiger partial charge in [-0.1, -0.05) is 54.8 Å². The molecule has 0 aromatic heterocycles. The third-order valence-corrected chi connectivity index (χ3v) is 3.32. The van der Waals surface area contributed by atoms with Crippen LogP contribution in [-0.4, -0.2) is 0 Å². The molecule has 0 spiro atoms. The Labute approximate surface area is 133 Å². The van der Waals surface area contributed by atoms with Crippen molar-refractivity contribution in [2.75, 3.05) is 4.90 Å². The maximum absolute atomic E-state index is 5.53. The van der Waals surface area contributed by atoms with Crippen molar-refractivity contribution in [2.24, 2.45) is 0 Å². The van der Waals surface area contributed by atoms with Crippen molar-refractivity contribution in [1.82, 2.24) is 0 Å². The number of hydrogen-bond acceptors (Lipinski definition) is 1. The van der Waals surface area contributed by atoms with Crippen molar-refractivity contribution in [1.29, 1.82) is 0 Å². The largest absolute Gasteiger partial charge is 0.310 e. The van der Waals surface area contributed by atoms with Crippen LogP contribution in [0, 0.1) is 19.3 Å². The van der Waals surface area contributed by atoms with Crippen molar-refractivity contribution in [3.8, 4) is 12.3 Å². The minimum Gasteiger partial charge on any atom is -0.310 e. The molecule has 0 heterocycles. The zero-order valence-electron chi connectivity index (χ0n) is 13.2. The van der Waals surface area contributed by atoms with Crippen molar-refractivity contribution in [2.45, 2.75) is 20.3 Å². The molecule has 22 heavy (non-hydrogen) atoms. The first-order valence-electron chi connectivity index (χ1n) is 7.51. The molecule has 0 N–H and O–H groups in total. The Balaban J connectivity index is 2.54. The van der Waals surface area contributed by atoms with E-state index in [4.69, 9.17) is 6.42 Å². The van der Waals surface area contributed by atoms with Crippen LogP contribution in [0.15, 0.2) is 78.5 Å². The highest BCUT2D eigenvalue weighted by atomic mass is 15.1. The Morgan fingerprint density at radius 1 is 1.05 bits per heavy atom. The van der Waals surface area contributed by atoms with Gasteiger partial charge < -0.3 is 4.90 Å². The number of allylic oxidation sites excluding steroid dienone is 3. The molecule has 0 aliphatic heterocycles. The van der Waals surface area contributed by atoms with Gasteiger partial charge in [-0.3, -0.25) is 0 Å². The van der Waals surface area contributed by atoms with Crippen molar-refractivity contribution in [3.63, 3.8) is 0 Å². The van der Waals surface area contributed by atoms with Gasteiger partial charge in [-0.2, -0.15) is 0 Å². The summed E-state index contributed by atoms with van der Waals surface area (Å²) in [7, 11) is 0. The lowest BCUT2D eigenvalue weighted by molar-refractivity contribution is 1.17. The maximum atomic E-state index is 5.53. The lowest BCUT2D eigenvalue weighted by Crippen LogP contribution is -2.15. The predicted octanol–water partition coefficient (Wildman–Crippen LogP) is 5.62. The summed E-state index contributed by atoms with van der Waals surface area (Å²) < 4.78 is 0. The standard InChI is InChI=1S/C21H21N/c1-4-6-11-19(10-5-2)22(20-12-8-7-9-13-20)21-16-14-18(3)15-17-21/h2,6-17H,4H2,1,3H3/b11-6-,19-10+. The normalized spacial score (nSPS) is 11.4. The van der Waals surface area contributed by atoms with Crippen LogP contribution in [0.25, 0.3) is 0 Å². The summed E-state index contributed by atoms with van der Waals surface area (Å²) in [5, 5.41) is 0. The quantitative estimate of drug-likeness (QED) is 0.510. The summed E-state index contributed by atoms with van der Waals surface area (Å²) >= 11 is 0. The van der Waals surface area contributed by atoms with Gasteiger partial charge in [0.05, 0.1) is 5.70 Å². The van der Waals surface area contributed by atoms with E-state index in [0.29, 0.717) is 0 Å². The minimum atomic E-state index is 0.971. The second-order valence-corrected chi connectivity index (χ2v) is 5.05. The van der Waals surface area contributed by atoms with Crippen LogP contribution < -0.4 is 4.90 Å². The molecule has 0 atom stereocenters. The Morgan fingerprint density at radius 2 is 1.68 bits per heavy atom. The van der Waals surface area contributed by atoms with Gasteiger partial charge in [0.15, 0.2) is 0 Å². The molecule has 0 bridgehead atoms. The minimum absolute atomic E-state index is 0.971. The highest BCUT2D eigenvalue weighted by Crippen LogP contribution is 2.30. The SMILES string of the molecule is C#C/C=C(\C=C/CC)N(c1ccccc1)c1ccc(C)cc1. The molecule has 0 saturated carbocycles. The second-order valence-electron chi connectivity index (χ2n) is 5.05. The molecule has 1 nitrogen and oxygen atoms in total. The molecule has 0 aliphatic rings. The number of para-hydroxylation sites is 1. The van der Waals surface area contributed by atoms with Gasteiger partial charge in [0.2, 0.25) is 0 Å². The molecule has 0 amide bonds. The van der Waals surface area contributed by atoms with E-state index in [1.165, 1.54) is 5.56 Å². The third kappa shape index (κ3) is 3.90. The van der Waals surface area contributed by atoms with Gasteiger partial charge in [-0.25, -0.2) is 0 Å². The molecule has 0 unspecified atom stereocenters. The van der Waals surface area contributed by atoms with Crippen LogP contribution in [-0.2, 0) is 0 Å². The topological polar surface area (TPSA) is 3.24 Å². The molecular formula is C21H21N. The Kier molecular flexibility index (Phi) is 5.63. The first-order valence-corrected chi connectivity index (χ1v) is 7.51. The summed E-state index contributed by atoms with van der Waals surface area (Å²) in [6.07, 6.45) is 12.5. The second kappa shape index (κ2) is 7.90. The highest BCUT2D eigenvalue weighted by molar-refractivity contribution is 5.70. The first kappa shape index (κ1) is 15.7. The fourth-order valence-electron chi connectivity index (χ4n) is 2.23. The summed E-state index contributed by atoms with van der Waals surface area (Å²) in [4.78, 5) is 2.17. The Bertz CT molecular complexity index is 685. The molecule has 2 aromatic carbocycles. The average molecular weight is 287 g/mol. The molecule has 0 saturated heterocycles. The van der Waals surface area contributed by atoms with Crippen LogP contribution in [0.3, 0.4) is 0 Å². The van der Waals surface area contributed by atoms with E-state index >= 15 is 0 Å². The van der Waals surface area contributed by atoms with E-state index in [2.05, 4.69) is 73.2 Å². The molecule has 2 rings (SSSR count). The fourth-order valence-corrected chi connectivity index (χ4v) is 2.23. The lowest BCUT2D eigenvalue weighted by Gasteiger charge is -2.26. The number of aryl methyl sites for hydroxylation is 1. The van der Waals surface area contributed by atoms with Gasteiger partial charge >= 0.3 is 0 Å². The first-order chi connectivity index (χ1) is 10.8. The molecule has 0 fully saturated rings. The summed E-state index contributed by atoms with van der Waals surface area (Å²) in [5.41, 5.74) is 4.41. The van der Waals surface area contributed by atoms with Crippen LogP contribution >= 0.6 is 0 Å². The number of hydrogen-bond donors (Lipinski definition) is 0. The summed E-state index contributed by atoms with van der Waals surface area (Å²) in [6, 6.07) is 18.7. The van der Waals surface area contributed by atoms with E-state index < -0.39 is 0 Å². The Morgan fingerprint density at radius 3 is 2.27 bits per heavy atom. The molecule has 0 aliphatic carbocycles. The van der Waals surface area contributed by atoms with Crippen LogP contribution in [0.2, 0.25) is 0 Å². The van der Waals surface area contributed by atoms with Gasteiger partial charge in [0.25, 0.3) is 0 Å². The monoisotopic (exact) mass is 287 g/mol. The van der Waals surface area contributed by atoms with Crippen molar-refractivity contribution < 1.29 is 0 Å². The molecule has 110 valence electrons. The van der Waals surface area contributed by atoms with Gasteiger partial charge in [0, 0.05) is 17.5 Å². The van der Waals surface area contributed by atoms with Gasteiger partial charge in [-0.15, -0.1) is 6.42 Å². The highest BCUT2D eigenvalue weighted by Gasteiger charge is 2.12. The maximum Gasteiger partial charge on any atom is 0.0541 e. The van der Waals surface area contributed by atoms with Crippen LogP contribution in [0.1, 0.15) is 18.9 Å². The predicted molar refractivity (Wildman–Crippen MR) is 96.1 cm³/mol. The van der Waals surface area contributed by atoms with Crippen LogP contribution in [0.5, 0.6) is 0 Å². The summed E-state index contributed by atoms with van der Waals surface area (Å²) in [6.45, 7) is 4.20. The van der Waals surface area contributed by atoms with Gasteiger partial charge in [0.1, 0.15) is 0 Å². The third-order valence-electron chi connectivity index (χ3n) is 3.32. The number of anilines is 2. The number of benzene rings is 2. The van der Waals surface area contributed by atoms with Gasteiger partial charge in [-0.05, 0) is 43.7 Å². The van der Waals surface area contributed by atoms with E-state index in [9.17, 15) is 0 Å². The average Bonchev–Trinajstić information content (AvgIpc) is 2.55. The Hall–Kier alpha value is -2.72. The van der Waals surface area contributed by atoms with E-state index in [-0.39, 0.29) is 0 Å². The zero-order valence-corrected chi connectivity index (χ0v) is 13.2. The lowest BCUT2D eigenvalue weighted by atomic mass is 10.1. The van der Waals surface area contributed by atoms with Crippen LogP contribution in [0.4, 0.5) is 11.4 Å². The summed E-state index contributed by atoms with van der Waals surface area (Å²) in [5.74, 6) is 2.65. The van der Waals surface area contributed by atoms with Crippen molar-refractivity contribution >= 4 is 11.4 Å². The number of nitrogens with zero attached hydrogens (tertiary/aromatic N) is 1. The zero-order chi connectivity index (χ0) is 15.8. The fraction of sp³-hybridized carbons (Fsp3) is 0.143. The van der Waals surface area contributed by atoms with E-state index in [1.54, 1.807) is 6.08 Å². The van der Waals surface area contributed by atoms with E-state index in [1.807, 2.05) is 18.2 Å². The molecule has 2 aromatic rings. The molecular weight excluding hydrogens is 266 g/mol. The van der Waals surface area contributed by atoms with Crippen molar-refractivity contribution in [3.05, 3.63) is 84.1 Å². The number of terminal acetylenes is 1. The molecule has 0 radical (unpaired) electrons.